The summed E-state index contributed by atoms with van der Waals surface area (Å²) in [6.07, 6.45) is -2.25. The van der Waals surface area contributed by atoms with Crippen LogP contribution in [0.3, 0.4) is 0 Å². The summed E-state index contributed by atoms with van der Waals surface area (Å²) < 4.78 is 37.6. The number of nitrogens with one attached hydrogen (secondary N) is 2. The Bertz CT molecular complexity index is 580. The minimum absolute atomic E-state index is 0.0408. The molecule has 2 fully saturated rings. The summed E-state index contributed by atoms with van der Waals surface area (Å²) in [4.78, 5) is 18.9. The van der Waals surface area contributed by atoms with Crippen LogP contribution < -0.4 is 10.6 Å². The predicted octanol–water partition coefficient (Wildman–Crippen LogP) is 1.63. The lowest BCUT2D eigenvalue weighted by Crippen LogP contribution is -2.48. The van der Waals surface area contributed by atoms with Gasteiger partial charge in [0.2, 0.25) is 5.82 Å². The normalized spacial score (nSPS) is 27.9. The fourth-order valence-corrected chi connectivity index (χ4v) is 3.14. The average Bonchev–Trinajstić information content (AvgIpc) is 2.99. The molecule has 5 nitrogen and oxygen atoms in total. The molecule has 3 rings (SSSR count). The van der Waals surface area contributed by atoms with Gasteiger partial charge in [0, 0.05) is 18.3 Å². The number of halogens is 4. The van der Waals surface area contributed by atoms with Gasteiger partial charge in [-0.25, -0.2) is 9.97 Å². The molecule has 1 aliphatic heterocycles. The molecule has 0 spiro atoms. The van der Waals surface area contributed by atoms with Gasteiger partial charge < -0.3 is 10.6 Å². The molecule has 2 N–H and O–H groups in total. The molecular weight excluding hydrogens is 309 g/mol. The molecular formula is C12H12ClF3N4O. The Morgan fingerprint density at radius 2 is 2.19 bits per heavy atom. The van der Waals surface area contributed by atoms with Gasteiger partial charge in [-0.2, -0.15) is 13.2 Å². The topological polar surface area (TPSA) is 66.9 Å². The summed E-state index contributed by atoms with van der Waals surface area (Å²) in [6.45, 7) is 0.944. The molecule has 1 amide bonds. The number of aromatic nitrogens is 2. The number of amides is 1. The smallest absolute Gasteiger partial charge is 0.345 e. The lowest BCUT2D eigenvalue weighted by atomic mass is 10.1. The molecule has 1 aliphatic carbocycles. The first-order chi connectivity index (χ1) is 9.84. The van der Waals surface area contributed by atoms with Crippen LogP contribution in [0.4, 0.5) is 13.2 Å². The van der Waals surface area contributed by atoms with Crippen molar-refractivity contribution in [1.29, 1.82) is 0 Å². The third-order valence-electron chi connectivity index (χ3n) is 3.90. The Labute approximate surface area is 123 Å². The van der Waals surface area contributed by atoms with Gasteiger partial charge in [0.1, 0.15) is 10.7 Å². The largest absolute Gasteiger partial charge is 0.420 e. The number of rotatable bonds is 2. The fraction of sp³-hybridized carbons (Fsp3) is 0.583. The second-order valence-corrected chi connectivity index (χ2v) is 5.69. The molecule has 3 unspecified atom stereocenters. The van der Waals surface area contributed by atoms with Crippen LogP contribution in [-0.2, 0) is 6.18 Å². The lowest BCUT2D eigenvalue weighted by Gasteiger charge is -2.23. The van der Waals surface area contributed by atoms with E-state index in [0.717, 1.165) is 19.4 Å². The van der Waals surface area contributed by atoms with Gasteiger partial charge in [0.15, 0.2) is 0 Å². The van der Waals surface area contributed by atoms with Crippen LogP contribution in [0.5, 0.6) is 0 Å². The Kier molecular flexibility index (Phi) is 3.53. The summed E-state index contributed by atoms with van der Waals surface area (Å²) in [5, 5.41) is 5.25. The molecule has 0 radical (unpaired) electrons. The van der Waals surface area contributed by atoms with E-state index in [-0.39, 0.29) is 17.9 Å². The van der Waals surface area contributed by atoms with E-state index < -0.39 is 22.8 Å². The quantitative estimate of drug-likeness (QED) is 0.813. The van der Waals surface area contributed by atoms with Crippen LogP contribution in [0, 0.1) is 5.92 Å². The van der Waals surface area contributed by atoms with Gasteiger partial charge in [-0.15, -0.1) is 0 Å². The standard InChI is InChI=1S/C12H12ClF3N4O/c13-9-6(12(14,15)16)4-18-10(20-9)11(21)19-8-2-5-1-7(8)17-3-5/h4-5,7-8,17H,1-3H2,(H,19,21). The summed E-state index contributed by atoms with van der Waals surface area (Å²) in [7, 11) is 0. The molecule has 9 heteroatoms. The molecule has 1 aromatic rings. The van der Waals surface area contributed by atoms with Crippen LogP contribution in [0.2, 0.25) is 5.15 Å². The van der Waals surface area contributed by atoms with Crippen LogP contribution in [-0.4, -0.2) is 34.5 Å². The van der Waals surface area contributed by atoms with Crippen molar-refractivity contribution in [3.05, 3.63) is 22.7 Å². The first-order valence-electron chi connectivity index (χ1n) is 6.48. The summed E-state index contributed by atoms with van der Waals surface area (Å²) in [6, 6.07) is 0.171. The Hall–Kier alpha value is -1.41. The van der Waals surface area contributed by atoms with E-state index in [2.05, 4.69) is 20.6 Å². The maximum atomic E-state index is 12.5. The van der Waals surface area contributed by atoms with Gasteiger partial charge in [-0.1, -0.05) is 11.6 Å². The van der Waals surface area contributed by atoms with Crippen LogP contribution in [0.25, 0.3) is 0 Å². The van der Waals surface area contributed by atoms with E-state index in [1.54, 1.807) is 0 Å². The SMILES string of the molecule is O=C(NC1CC2CNC1C2)c1ncc(C(F)(F)F)c(Cl)n1. The van der Waals surface area contributed by atoms with Crippen molar-refractivity contribution in [3.8, 4) is 0 Å². The Morgan fingerprint density at radius 1 is 1.43 bits per heavy atom. The molecule has 1 aromatic heterocycles. The Balaban J connectivity index is 1.72. The number of fused-ring (bicyclic) bond motifs is 2. The third kappa shape index (κ3) is 2.82. The summed E-state index contributed by atoms with van der Waals surface area (Å²) in [5.74, 6) is -0.418. The second-order valence-electron chi connectivity index (χ2n) is 5.33. The number of carbonyl (C=O) groups is 1. The number of piperidine rings is 1. The van der Waals surface area contributed by atoms with Crippen molar-refractivity contribution < 1.29 is 18.0 Å². The van der Waals surface area contributed by atoms with E-state index >= 15 is 0 Å². The van der Waals surface area contributed by atoms with E-state index in [9.17, 15) is 18.0 Å². The summed E-state index contributed by atoms with van der Waals surface area (Å²) >= 11 is 5.47. The highest BCUT2D eigenvalue weighted by atomic mass is 35.5. The number of hydrogen-bond donors (Lipinski definition) is 2. The van der Waals surface area contributed by atoms with Gasteiger partial charge in [-0.05, 0) is 25.3 Å². The monoisotopic (exact) mass is 320 g/mol. The van der Waals surface area contributed by atoms with Crippen molar-refractivity contribution in [2.75, 3.05) is 6.54 Å². The lowest BCUT2D eigenvalue weighted by molar-refractivity contribution is -0.138. The molecule has 0 aromatic carbocycles. The van der Waals surface area contributed by atoms with E-state index in [1.807, 2.05) is 0 Å². The van der Waals surface area contributed by atoms with Crippen molar-refractivity contribution in [3.63, 3.8) is 0 Å². The highest BCUT2D eigenvalue weighted by molar-refractivity contribution is 6.30. The van der Waals surface area contributed by atoms with Gasteiger partial charge >= 0.3 is 6.18 Å². The zero-order chi connectivity index (χ0) is 15.2. The molecule has 2 heterocycles. The Morgan fingerprint density at radius 3 is 2.71 bits per heavy atom. The highest BCUT2D eigenvalue weighted by Crippen LogP contribution is 2.33. The third-order valence-corrected chi connectivity index (χ3v) is 4.18. The van der Waals surface area contributed by atoms with Crippen LogP contribution in [0.1, 0.15) is 29.0 Å². The first kappa shape index (κ1) is 14.5. The minimum atomic E-state index is -4.64. The maximum Gasteiger partial charge on any atom is 0.420 e. The average molecular weight is 321 g/mol. The van der Waals surface area contributed by atoms with Gasteiger partial charge in [0.25, 0.3) is 5.91 Å². The fourth-order valence-electron chi connectivity index (χ4n) is 2.91. The van der Waals surface area contributed by atoms with Gasteiger partial charge in [0.05, 0.1) is 0 Å². The molecule has 2 bridgehead atoms. The van der Waals surface area contributed by atoms with Crippen molar-refractivity contribution >= 4 is 17.5 Å². The minimum Gasteiger partial charge on any atom is -0.345 e. The van der Waals surface area contributed by atoms with Crippen molar-refractivity contribution in [1.82, 2.24) is 20.6 Å². The number of carbonyl (C=O) groups excluding carboxylic acids is 1. The molecule has 21 heavy (non-hydrogen) atoms. The predicted molar refractivity (Wildman–Crippen MR) is 67.8 cm³/mol. The first-order valence-corrected chi connectivity index (χ1v) is 6.86. The van der Waals surface area contributed by atoms with Crippen molar-refractivity contribution in [2.24, 2.45) is 5.92 Å². The maximum absolute atomic E-state index is 12.5. The van der Waals surface area contributed by atoms with Crippen LogP contribution in [0.15, 0.2) is 6.20 Å². The highest BCUT2D eigenvalue weighted by Gasteiger charge is 2.40. The van der Waals surface area contributed by atoms with Crippen molar-refractivity contribution in [2.45, 2.75) is 31.1 Å². The molecule has 1 saturated heterocycles. The zero-order valence-corrected chi connectivity index (χ0v) is 11.5. The van der Waals surface area contributed by atoms with Crippen LogP contribution >= 0.6 is 11.6 Å². The number of nitrogens with zero attached hydrogens (tertiary/aromatic N) is 2. The van der Waals surface area contributed by atoms with E-state index in [0.29, 0.717) is 12.1 Å². The summed E-state index contributed by atoms with van der Waals surface area (Å²) in [5.41, 5.74) is -1.15. The second kappa shape index (κ2) is 5.10. The zero-order valence-electron chi connectivity index (χ0n) is 10.7. The van der Waals surface area contributed by atoms with Gasteiger partial charge in [-0.3, -0.25) is 4.79 Å². The van der Waals surface area contributed by atoms with E-state index in [4.69, 9.17) is 11.6 Å². The number of hydrogen-bond acceptors (Lipinski definition) is 4. The number of alkyl halides is 3. The van der Waals surface area contributed by atoms with E-state index in [1.165, 1.54) is 0 Å². The molecule has 1 saturated carbocycles. The molecule has 2 aliphatic rings. The molecule has 3 atom stereocenters. The molecule has 114 valence electrons.